The van der Waals surface area contributed by atoms with Crippen molar-refractivity contribution in [1.29, 1.82) is 0 Å². The molecular weight excluding hydrogens is 426 g/mol. The average Bonchev–Trinajstić information content (AvgIpc) is 3.25. The number of hydrogen-bond acceptors (Lipinski definition) is 7. The average molecular weight is 444 g/mol. The number of amides is 2. The van der Waals surface area contributed by atoms with Gasteiger partial charge < -0.3 is 0 Å². The molecule has 0 saturated carbocycles. The first-order valence-electron chi connectivity index (χ1n) is 9.16. The van der Waals surface area contributed by atoms with Crippen molar-refractivity contribution in [2.45, 2.75) is 23.9 Å². The van der Waals surface area contributed by atoms with Crippen LogP contribution in [0.4, 0.5) is 5.69 Å². The Labute approximate surface area is 176 Å². The van der Waals surface area contributed by atoms with E-state index in [9.17, 15) is 22.8 Å². The smallest absolute Gasteiger partial charge is 0.296 e. The molecule has 1 unspecified atom stereocenters. The Morgan fingerprint density at radius 2 is 1.77 bits per heavy atom. The molecule has 1 aliphatic heterocycles. The zero-order valence-corrected chi connectivity index (χ0v) is 16.8. The first-order chi connectivity index (χ1) is 14.8. The Morgan fingerprint density at radius 3 is 2.42 bits per heavy atom. The number of rotatable bonds is 6. The zero-order valence-electron chi connectivity index (χ0n) is 16.0. The van der Waals surface area contributed by atoms with Gasteiger partial charge in [-0.3, -0.25) is 19.4 Å². The van der Waals surface area contributed by atoms with Crippen LogP contribution in [0.25, 0.3) is 5.69 Å². The number of sulfonamides is 1. The summed E-state index contributed by atoms with van der Waals surface area (Å²) in [6, 6.07) is 13.2. The number of primary sulfonamides is 1. The third-order valence-electron chi connectivity index (χ3n) is 4.84. The Balaban J connectivity index is 1.51. The number of imide groups is 1. The maximum Gasteiger partial charge on any atom is 0.431 e. The van der Waals surface area contributed by atoms with E-state index in [-0.39, 0.29) is 29.2 Å². The van der Waals surface area contributed by atoms with Crippen molar-refractivity contribution in [3.8, 4) is 5.69 Å². The van der Waals surface area contributed by atoms with E-state index in [1.807, 2.05) is 6.07 Å². The van der Waals surface area contributed by atoms with Crippen LogP contribution in [-0.2, 0) is 26.2 Å². The number of para-hydroxylation sites is 1. The van der Waals surface area contributed by atoms with E-state index >= 15 is 0 Å². The number of H-pyrrole nitrogens is 1. The summed E-state index contributed by atoms with van der Waals surface area (Å²) in [5.41, 5.74) is 0.508. The Morgan fingerprint density at radius 1 is 1.10 bits per heavy atom. The highest BCUT2D eigenvalue weighted by Gasteiger charge is 2.40. The van der Waals surface area contributed by atoms with Crippen molar-refractivity contribution in [3.63, 3.8) is 0 Å². The van der Waals surface area contributed by atoms with Gasteiger partial charge in [0.2, 0.25) is 21.6 Å². The molecule has 31 heavy (non-hydrogen) atoms. The molecule has 0 radical (unpaired) electrons. The fourth-order valence-corrected chi connectivity index (χ4v) is 3.81. The SMILES string of the molecule is NS(=O)(=O)c1ccc(N2C(=O)CC(NCc3c(=O)o[nH][n+]3-c3ccccc3)C2=O)cc1. The van der Waals surface area contributed by atoms with E-state index in [4.69, 9.17) is 9.66 Å². The Kier molecular flexibility index (Phi) is 5.27. The van der Waals surface area contributed by atoms with Crippen molar-refractivity contribution in [2.75, 3.05) is 4.90 Å². The third-order valence-corrected chi connectivity index (χ3v) is 5.76. The standard InChI is InChI=1S/C19H17N5O6S/c20-31(28,29)14-8-6-12(7-9-14)23-17(25)10-15(18(23)26)21-11-16-19(27)30-22-24(16)13-4-2-1-3-5-13/h1-9,15,21H,10-11H2,(H2-,20,22,27,28,29)/p+1. The molecule has 1 fully saturated rings. The summed E-state index contributed by atoms with van der Waals surface area (Å²) >= 11 is 0. The van der Waals surface area contributed by atoms with Crippen LogP contribution in [0.3, 0.4) is 0 Å². The molecule has 12 heteroatoms. The van der Waals surface area contributed by atoms with E-state index in [0.717, 1.165) is 4.90 Å². The summed E-state index contributed by atoms with van der Waals surface area (Å²) < 4.78 is 29.1. The van der Waals surface area contributed by atoms with Gasteiger partial charge in [0.05, 0.1) is 29.6 Å². The lowest BCUT2D eigenvalue weighted by Gasteiger charge is -2.15. The maximum atomic E-state index is 12.8. The molecule has 1 saturated heterocycles. The first-order valence-corrected chi connectivity index (χ1v) is 10.7. The van der Waals surface area contributed by atoms with Gasteiger partial charge in [-0.2, -0.15) is 0 Å². The molecule has 1 atom stereocenters. The molecule has 2 aromatic carbocycles. The second-order valence-electron chi connectivity index (χ2n) is 6.84. The number of aromatic amines is 1. The first kappa shape index (κ1) is 20.7. The summed E-state index contributed by atoms with van der Waals surface area (Å²) in [7, 11) is -3.89. The molecule has 1 aliphatic rings. The van der Waals surface area contributed by atoms with Crippen molar-refractivity contribution in [3.05, 3.63) is 70.7 Å². The number of carbonyl (C=O) groups excluding carboxylic acids is 2. The lowest BCUT2D eigenvalue weighted by molar-refractivity contribution is -0.677. The monoisotopic (exact) mass is 444 g/mol. The number of nitrogens with one attached hydrogen (secondary N) is 2. The van der Waals surface area contributed by atoms with E-state index in [1.165, 1.54) is 28.9 Å². The topological polar surface area (TPSA) is 159 Å². The predicted octanol–water partition coefficient (Wildman–Crippen LogP) is -0.686. The fourth-order valence-electron chi connectivity index (χ4n) is 3.30. The maximum absolute atomic E-state index is 12.8. The van der Waals surface area contributed by atoms with Gasteiger partial charge in [0.15, 0.2) is 0 Å². The van der Waals surface area contributed by atoms with Crippen LogP contribution >= 0.6 is 0 Å². The zero-order chi connectivity index (χ0) is 22.2. The minimum atomic E-state index is -3.89. The van der Waals surface area contributed by atoms with Crippen molar-refractivity contribution < 1.29 is 27.2 Å². The minimum absolute atomic E-state index is 0.0252. The van der Waals surface area contributed by atoms with Crippen LogP contribution in [0.5, 0.6) is 0 Å². The van der Waals surface area contributed by atoms with Crippen LogP contribution in [0, 0.1) is 0 Å². The second kappa shape index (κ2) is 7.91. The number of carbonyl (C=O) groups is 2. The molecule has 11 nitrogen and oxygen atoms in total. The number of nitrogens with zero attached hydrogens (tertiary/aromatic N) is 2. The highest BCUT2D eigenvalue weighted by atomic mass is 32.2. The summed E-state index contributed by atoms with van der Waals surface area (Å²) in [5.74, 6) is -0.970. The highest BCUT2D eigenvalue weighted by Crippen LogP contribution is 2.24. The van der Waals surface area contributed by atoms with Crippen molar-refractivity contribution >= 4 is 27.5 Å². The summed E-state index contributed by atoms with van der Waals surface area (Å²) in [6.45, 7) is -0.0252. The lowest BCUT2D eigenvalue weighted by atomic mass is 10.2. The quantitative estimate of drug-likeness (QED) is 0.335. The molecule has 1 aromatic heterocycles. The van der Waals surface area contributed by atoms with Crippen LogP contribution in [0.2, 0.25) is 0 Å². The molecule has 160 valence electrons. The molecule has 0 spiro atoms. The number of benzene rings is 2. The van der Waals surface area contributed by atoms with Crippen molar-refractivity contribution in [2.24, 2.45) is 5.14 Å². The van der Waals surface area contributed by atoms with Gasteiger partial charge in [0, 0.05) is 12.1 Å². The predicted molar refractivity (Wildman–Crippen MR) is 106 cm³/mol. The summed E-state index contributed by atoms with van der Waals surface area (Å²) in [5, 5.41) is 10.5. The number of aromatic nitrogens is 2. The minimum Gasteiger partial charge on any atom is -0.296 e. The van der Waals surface area contributed by atoms with Gasteiger partial charge in [0.25, 0.3) is 5.91 Å². The molecule has 4 rings (SSSR count). The van der Waals surface area contributed by atoms with Crippen LogP contribution in [0.15, 0.2) is 68.8 Å². The van der Waals surface area contributed by atoms with E-state index in [2.05, 4.69) is 10.6 Å². The molecule has 3 aromatic rings. The van der Waals surface area contributed by atoms with Gasteiger partial charge >= 0.3 is 11.3 Å². The van der Waals surface area contributed by atoms with Crippen LogP contribution < -0.4 is 25.7 Å². The van der Waals surface area contributed by atoms with Gasteiger partial charge in [-0.15, -0.1) is 0 Å². The van der Waals surface area contributed by atoms with Crippen LogP contribution in [0.1, 0.15) is 12.1 Å². The summed E-state index contributed by atoms with van der Waals surface area (Å²) in [4.78, 5) is 38.1. The van der Waals surface area contributed by atoms with E-state index < -0.39 is 33.5 Å². The third kappa shape index (κ3) is 4.03. The van der Waals surface area contributed by atoms with E-state index in [1.54, 1.807) is 24.3 Å². The molecule has 4 N–H and O–H groups in total. The normalized spacial score (nSPS) is 16.8. The number of anilines is 1. The highest BCUT2D eigenvalue weighted by molar-refractivity contribution is 7.89. The Hall–Kier alpha value is -3.61. The van der Waals surface area contributed by atoms with E-state index in [0.29, 0.717) is 5.69 Å². The molecule has 2 amide bonds. The molecular formula is C19H18N5O6S+. The number of nitrogens with two attached hydrogens (primary N) is 1. The molecule has 0 bridgehead atoms. The molecule has 0 aliphatic carbocycles. The van der Waals surface area contributed by atoms with Crippen LogP contribution in [-0.4, -0.2) is 31.5 Å². The van der Waals surface area contributed by atoms with Gasteiger partial charge in [-0.25, -0.2) is 23.3 Å². The fraction of sp³-hybridized carbons (Fsp3) is 0.158. The van der Waals surface area contributed by atoms with Gasteiger partial charge in [0.1, 0.15) is 0 Å². The van der Waals surface area contributed by atoms with Gasteiger partial charge in [-0.05, 0) is 34.2 Å². The van der Waals surface area contributed by atoms with Crippen molar-refractivity contribution in [1.82, 2.24) is 10.6 Å². The lowest BCUT2D eigenvalue weighted by Crippen LogP contribution is -2.44. The van der Waals surface area contributed by atoms with Gasteiger partial charge in [-0.1, -0.05) is 18.2 Å². The largest absolute Gasteiger partial charge is 0.431 e. The molecule has 2 heterocycles. The second-order valence-corrected chi connectivity index (χ2v) is 8.40. The summed E-state index contributed by atoms with van der Waals surface area (Å²) in [6.07, 6.45) is -0.114. The Bertz CT molecular complexity index is 1300. The number of hydrogen-bond donors (Lipinski definition) is 3.